The van der Waals surface area contributed by atoms with E-state index >= 15 is 0 Å². The Labute approximate surface area is 73.8 Å². The molecule has 1 saturated carbocycles. The molecule has 0 spiro atoms. The molecule has 12 heavy (non-hydrogen) atoms. The number of hydrogen-bond donors (Lipinski definition) is 3. The van der Waals surface area contributed by atoms with E-state index in [1.54, 1.807) is 0 Å². The molecule has 1 rings (SSSR count). The van der Waals surface area contributed by atoms with E-state index in [-0.39, 0.29) is 18.1 Å². The van der Waals surface area contributed by atoms with E-state index in [0.717, 1.165) is 25.8 Å². The highest BCUT2D eigenvalue weighted by Gasteiger charge is 2.41. The number of aliphatic hydroxyl groups is 2. The third kappa shape index (κ3) is 2.73. The van der Waals surface area contributed by atoms with Crippen LogP contribution < -0.4 is 5.32 Å². The molecule has 3 nitrogen and oxygen atoms in total. The maximum Gasteiger partial charge on any atom is 0.0662 e. The molecule has 1 fully saturated rings. The molecule has 0 aliphatic heterocycles. The van der Waals surface area contributed by atoms with Crippen LogP contribution in [-0.4, -0.2) is 36.0 Å². The lowest BCUT2D eigenvalue weighted by Gasteiger charge is -2.14. The Kier molecular flexibility index (Phi) is 3.50. The lowest BCUT2D eigenvalue weighted by molar-refractivity contribution is 0.157. The first kappa shape index (κ1) is 9.96. The summed E-state index contributed by atoms with van der Waals surface area (Å²) in [5.41, 5.74) is 0.160. The van der Waals surface area contributed by atoms with Crippen LogP contribution in [0.15, 0.2) is 0 Å². The number of rotatable bonds is 6. The standard InChI is InChI=1S/C9H19NO2/c1-2-8(12)5-10-6-9(7-11)3-4-9/h8,10-12H,2-7H2,1H3. The van der Waals surface area contributed by atoms with E-state index in [9.17, 15) is 5.11 Å². The summed E-state index contributed by atoms with van der Waals surface area (Å²) in [5, 5.41) is 21.4. The predicted octanol–water partition coefficient (Wildman–Crippen LogP) is 0.119. The molecular formula is C9H19NO2. The van der Waals surface area contributed by atoms with E-state index < -0.39 is 0 Å². The van der Waals surface area contributed by atoms with E-state index in [0.29, 0.717) is 6.54 Å². The number of nitrogens with one attached hydrogen (secondary N) is 1. The van der Waals surface area contributed by atoms with Crippen LogP contribution >= 0.6 is 0 Å². The summed E-state index contributed by atoms with van der Waals surface area (Å²) >= 11 is 0. The summed E-state index contributed by atoms with van der Waals surface area (Å²) in [6.07, 6.45) is 2.80. The SMILES string of the molecule is CCC(O)CNCC1(CO)CC1. The highest BCUT2D eigenvalue weighted by Crippen LogP contribution is 2.44. The van der Waals surface area contributed by atoms with Gasteiger partial charge in [0.2, 0.25) is 0 Å². The molecule has 1 aliphatic carbocycles. The molecule has 0 aromatic rings. The predicted molar refractivity (Wildman–Crippen MR) is 47.9 cm³/mol. The van der Waals surface area contributed by atoms with Crippen LogP contribution in [0.3, 0.4) is 0 Å². The van der Waals surface area contributed by atoms with Crippen molar-refractivity contribution in [2.75, 3.05) is 19.7 Å². The van der Waals surface area contributed by atoms with Gasteiger partial charge in [-0.1, -0.05) is 6.92 Å². The number of hydrogen-bond acceptors (Lipinski definition) is 3. The molecule has 1 atom stereocenters. The molecule has 0 aromatic heterocycles. The fourth-order valence-corrected chi connectivity index (χ4v) is 1.22. The summed E-state index contributed by atoms with van der Waals surface area (Å²) in [6, 6.07) is 0. The lowest BCUT2D eigenvalue weighted by Crippen LogP contribution is -2.32. The first-order valence-corrected chi connectivity index (χ1v) is 4.72. The third-order valence-electron chi connectivity index (χ3n) is 2.64. The highest BCUT2D eigenvalue weighted by atomic mass is 16.3. The zero-order chi connectivity index (χ0) is 9.03. The van der Waals surface area contributed by atoms with E-state index in [1.807, 2.05) is 6.92 Å². The minimum absolute atomic E-state index is 0.160. The number of aliphatic hydroxyl groups excluding tert-OH is 2. The summed E-state index contributed by atoms with van der Waals surface area (Å²) in [4.78, 5) is 0. The van der Waals surface area contributed by atoms with Gasteiger partial charge in [0.1, 0.15) is 0 Å². The Hall–Kier alpha value is -0.120. The minimum Gasteiger partial charge on any atom is -0.396 e. The van der Waals surface area contributed by atoms with Gasteiger partial charge in [0.25, 0.3) is 0 Å². The van der Waals surface area contributed by atoms with E-state index in [2.05, 4.69) is 5.32 Å². The van der Waals surface area contributed by atoms with E-state index in [4.69, 9.17) is 5.11 Å². The second-order valence-corrected chi connectivity index (χ2v) is 3.85. The molecule has 1 unspecified atom stereocenters. The van der Waals surface area contributed by atoms with Crippen molar-refractivity contribution in [1.82, 2.24) is 5.32 Å². The molecule has 3 heteroatoms. The van der Waals surface area contributed by atoms with Crippen LogP contribution in [0.25, 0.3) is 0 Å². The second kappa shape index (κ2) is 4.21. The lowest BCUT2D eigenvalue weighted by atomic mass is 10.1. The van der Waals surface area contributed by atoms with Gasteiger partial charge < -0.3 is 15.5 Å². The van der Waals surface area contributed by atoms with Gasteiger partial charge in [-0.2, -0.15) is 0 Å². The van der Waals surface area contributed by atoms with Gasteiger partial charge in [-0.05, 0) is 19.3 Å². The topological polar surface area (TPSA) is 52.5 Å². The third-order valence-corrected chi connectivity index (χ3v) is 2.64. The highest BCUT2D eigenvalue weighted by molar-refractivity contribution is 4.94. The van der Waals surface area contributed by atoms with E-state index in [1.165, 1.54) is 0 Å². The van der Waals surface area contributed by atoms with Crippen molar-refractivity contribution < 1.29 is 10.2 Å². The van der Waals surface area contributed by atoms with Crippen LogP contribution in [0.5, 0.6) is 0 Å². The normalized spacial score (nSPS) is 22.2. The fourth-order valence-electron chi connectivity index (χ4n) is 1.22. The largest absolute Gasteiger partial charge is 0.396 e. The van der Waals surface area contributed by atoms with Gasteiger partial charge in [0.15, 0.2) is 0 Å². The zero-order valence-electron chi connectivity index (χ0n) is 7.71. The fraction of sp³-hybridized carbons (Fsp3) is 1.00. The van der Waals surface area contributed by atoms with Crippen LogP contribution in [-0.2, 0) is 0 Å². The molecular weight excluding hydrogens is 154 g/mol. The summed E-state index contributed by atoms with van der Waals surface area (Å²) in [6.45, 7) is 3.74. The van der Waals surface area contributed by atoms with Crippen LogP contribution in [0, 0.1) is 5.41 Å². The molecule has 1 aliphatic rings. The van der Waals surface area contributed by atoms with Crippen molar-refractivity contribution >= 4 is 0 Å². The molecule has 0 amide bonds. The summed E-state index contributed by atoms with van der Waals surface area (Å²) in [7, 11) is 0. The van der Waals surface area contributed by atoms with Gasteiger partial charge in [0.05, 0.1) is 6.10 Å². The molecule has 72 valence electrons. The molecule has 3 N–H and O–H groups in total. The first-order chi connectivity index (χ1) is 5.72. The summed E-state index contributed by atoms with van der Waals surface area (Å²) < 4.78 is 0. The second-order valence-electron chi connectivity index (χ2n) is 3.85. The first-order valence-electron chi connectivity index (χ1n) is 4.72. The Bertz CT molecular complexity index is 134. The van der Waals surface area contributed by atoms with Crippen molar-refractivity contribution in [3.05, 3.63) is 0 Å². The van der Waals surface area contributed by atoms with Crippen molar-refractivity contribution in [2.45, 2.75) is 32.3 Å². The minimum atomic E-state index is -0.237. The zero-order valence-corrected chi connectivity index (χ0v) is 7.71. The molecule has 0 aromatic carbocycles. The maximum atomic E-state index is 9.22. The van der Waals surface area contributed by atoms with Crippen LogP contribution in [0.1, 0.15) is 26.2 Å². The Balaban J connectivity index is 2.02. The maximum absolute atomic E-state index is 9.22. The molecule has 0 saturated heterocycles. The Morgan fingerprint density at radius 3 is 2.58 bits per heavy atom. The van der Waals surface area contributed by atoms with Crippen molar-refractivity contribution in [2.24, 2.45) is 5.41 Å². The van der Waals surface area contributed by atoms with Crippen LogP contribution in [0.2, 0.25) is 0 Å². The smallest absolute Gasteiger partial charge is 0.0662 e. The van der Waals surface area contributed by atoms with Crippen molar-refractivity contribution in [1.29, 1.82) is 0 Å². The van der Waals surface area contributed by atoms with Crippen LogP contribution in [0.4, 0.5) is 0 Å². The average Bonchev–Trinajstić information content (AvgIpc) is 2.85. The Morgan fingerprint density at radius 1 is 1.50 bits per heavy atom. The Morgan fingerprint density at radius 2 is 2.17 bits per heavy atom. The van der Waals surface area contributed by atoms with Gasteiger partial charge in [0, 0.05) is 25.1 Å². The average molecular weight is 173 g/mol. The summed E-state index contributed by atoms with van der Waals surface area (Å²) in [5.74, 6) is 0. The van der Waals surface area contributed by atoms with Crippen molar-refractivity contribution in [3.8, 4) is 0 Å². The van der Waals surface area contributed by atoms with Gasteiger partial charge in [-0.25, -0.2) is 0 Å². The molecule has 0 heterocycles. The molecule has 0 radical (unpaired) electrons. The van der Waals surface area contributed by atoms with Gasteiger partial charge >= 0.3 is 0 Å². The quantitative estimate of drug-likeness (QED) is 0.535. The monoisotopic (exact) mass is 173 g/mol. The van der Waals surface area contributed by atoms with Gasteiger partial charge in [-0.15, -0.1) is 0 Å². The van der Waals surface area contributed by atoms with Gasteiger partial charge in [-0.3, -0.25) is 0 Å². The molecule has 0 bridgehead atoms. The van der Waals surface area contributed by atoms with Crippen molar-refractivity contribution in [3.63, 3.8) is 0 Å².